The molecule has 0 fully saturated rings. The molecule has 21 heavy (non-hydrogen) atoms. The molecule has 112 valence electrons. The maximum atomic E-state index is 10.0. The molecule has 6 heteroatoms. The largest absolute Gasteiger partial charge is 0.508 e. The fraction of sp³-hybridized carbons (Fsp3) is 0.200. The number of aromatic hydroxyl groups is 5. The van der Waals surface area contributed by atoms with Crippen molar-refractivity contribution in [2.24, 2.45) is 0 Å². The van der Waals surface area contributed by atoms with Crippen LogP contribution in [-0.2, 0) is 12.8 Å². The minimum absolute atomic E-state index is 0.0473. The van der Waals surface area contributed by atoms with E-state index >= 15 is 0 Å². The average Bonchev–Trinajstić information content (AvgIpc) is 2.32. The molecule has 0 bridgehead atoms. The number of aliphatic hydroxyl groups excluding tert-OH is 1. The predicted octanol–water partition coefficient (Wildman–Crippen LogP) is 1.36. The molecule has 6 nitrogen and oxygen atoms in total. The highest BCUT2D eigenvalue weighted by Crippen LogP contribution is 2.33. The average molecular weight is 292 g/mol. The van der Waals surface area contributed by atoms with E-state index in [4.69, 9.17) is 0 Å². The normalized spacial score (nSPS) is 12.2. The van der Waals surface area contributed by atoms with Crippen molar-refractivity contribution in [1.29, 1.82) is 0 Å². The molecular weight excluding hydrogens is 276 g/mol. The van der Waals surface area contributed by atoms with Crippen molar-refractivity contribution in [3.05, 3.63) is 41.5 Å². The number of rotatable bonds is 4. The van der Waals surface area contributed by atoms with Gasteiger partial charge in [0.05, 0.1) is 6.10 Å². The van der Waals surface area contributed by atoms with Gasteiger partial charge in [0, 0.05) is 30.2 Å². The van der Waals surface area contributed by atoms with Crippen molar-refractivity contribution < 1.29 is 30.6 Å². The molecule has 0 saturated carbocycles. The van der Waals surface area contributed by atoms with Gasteiger partial charge in [0.15, 0.2) is 0 Å². The number of phenols is 5. The van der Waals surface area contributed by atoms with Crippen molar-refractivity contribution >= 4 is 0 Å². The lowest BCUT2D eigenvalue weighted by Crippen LogP contribution is -2.14. The Morgan fingerprint density at radius 3 is 1.67 bits per heavy atom. The monoisotopic (exact) mass is 292 g/mol. The van der Waals surface area contributed by atoms with Crippen LogP contribution < -0.4 is 0 Å². The van der Waals surface area contributed by atoms with E-state index in [1.807, 2.05) is 0 Å². The molecule has 0 aliphatic heterocycles. The molecule has 0 spiro atoms. The zero-order valence-corrected chi connectivity index (χ0v) is 11.1. The summed E-state index contributed by atoms with van der Waals surface area (Å²) in [4.78, 5) is 0. The van der Waals surface area contributed by atoms with Crippen LogP contribution in [-0.4, -0.2) is 36.7 Å². The molecule has 0 aromatic heterocycles. The number of hydrogen-bond donors (Lipinski definition) is 6. The van der Waals surface area contributed by atoms with Crippen LogP contribution in [0, 0.1) is 0 Å². The van der Waals surface area contributed by atoms with Gasteiger partial charge in [0.25, 0.3) is 0 Å². The van der Waals surface area contributed by atoms with Crippen molar-refractivity contribution in [3.63, 3.8) is 0 Å². The van der Waals surface area contributed by atoms with Gasteiger partial charge in [-0.3, -0.25) is 0 Å². The minimum atomic E-state index is -0.951. The first-order chi connectivity index (χ1) is 9.85. The molecule has 0 heterocycles. The molecule has 0 aliphatic rings. The first-order valence-electron chi connectivity index (χ1n) is 6.29. The van der Waals surface area contributed by atoms with Crippen LogP contribution in [0.2, 0.25) is 0 Å². The van der Waals surface area contributed by atoms with Gasteiger partial charge < -0.3 is 30.6 Å². The van der Waals surface area contributed by atoms with Crippen molar-refractivity contribution in [2.45, 2.75) is 18.9 Å². The third-order valence-electron chi connectivity index (χ3n) is 3.06. The van der Waals surface area contributed by atoms with Crippen LogP contribution in [0.25, 0.3) is 0 Å². The molecule has 6 N–H and O–H groups in total. The summed E-state index contributed by atoms with van der Waals surface area (Å²) in [6.07, 6.45) is -0.886. The quantitative estimate of drug-likeness (QED) is 0.506. The Kier molecular flexibility index (Phi) is 4.09. The number of aliphatic hydroxyl groups is 1. The summed E-state index contributed by atoms with van der Waals surface area (Å²) < 4.78 is 0. The maximum Gasteiger partial charge on any atom is 0.126 e. The zero-order chi connectivity index (χ0) is 15.6. The summed E-state index contributed by atoms with van der Waals surface area (Å²) in [6, 6.07) is 6.12. The Morgan fingerprint density at radius 2 is 1.14 bits per heavy atom. The van der Waals surface area contributed by atoms with Crippen molar-refractivity contribution in [3.8, 4) is 28.7 Å². The molecule has 0 aliphatic carbocycles. The molecule has 0 amide bonds. The van der Waals surface area contributed by atoms with E-state index in [1.165, 1.54) is 18.2 Å². The van der Waals surface area contributed by atoms with Gasteiger partial charge in [-0.1, -0.05) is 0 Å². The highest BCUT2D eigenvalue weighted by Gasteiger charge is 2.15. The zero-order valence-electron chi connectivity index (χ0n) is 11.1. The molecular formula is C15H16O6. The lowest BCUT2D eigenvalue weighted by atomic mass is 9.99. The Balaban J connectivity index is 2.13. The molecule has 0 saturated heterocycles. The highest BCUT2D eigenvalue weighted by atomic mass is 16.3. The Labute approximate surface area is 120 Å². The lowest BCUT2D eigenvalue weighted by Gasteiger charge is -2.14. The van der Waals surface area contributed by atoms with Crippen LogP contribution in [0.4, 0.5) is 0 Å². The summed E-state index contributed by atoms with van der Waals surface area (Å²) in [6.45, 7) is 0. The summed E-state index contributed by atoms with van der Waals surface area (Å²) in [5.41, 5.74) is 0.627. The van der Waals surface area contributed by atoms with Gasteiger partial charge in [-0.25, -0.2) is 0 Å². The maximum absolute atomic E-state index is 10.0. The number of phenolic OH excluding ortho intramolecular Hbond substituents is 5. The van der Waals surface area contributed by atoms with E-state index in [1.54, 1.807) is 0 Å². The first-order valence-corrected chi connectivity index (χ1v) is 6.29. The first kappa shape index (κ1) is 14.8. The third-order valence-corrected chi connectivity index (χ3v) is 3.06. The number of hydrogen-bond acceptors (Lipinski definition) is 6. The Bertz CT molecular complexity index is 609. The molecule has 0 unspecified atom stereocenters. The lowest BCUT2D eigenvalue weighted by molar-refractivity contribution is 0.173. The molecule has 0 radical (unpaired) electrons. The second kappa shape index (κ2) is 5.80. The van der Waals surface area contributed by atoms with Crippen molar-refractivity contribution in [1.82, 2.24) is 0 Å². The van der Waals surface area contributed by atoms with Crippen LogP contribution in [0.5, 0.6) is 28.7 Å². The molecule has 1 atom stereocenters. The second-order valence-corrected chi connectivity index (χ2v) is 4.88. The van der Waals surface area contributed by atoms with Crippen LogP contribution in [0.1, 0.15) is 11.1 Å². The predicted molar refractivity (Wildman–Crippen MR) is 74.6 cm³/mol. The Hall–Kier alpha value is -2.60. The van der Waals surface area contributed by atoms with Crippen LogP contribution >= 0.6 is 0 Å². The topological polar surface area (TPSA) is 121 Å². The summed E-state index contributed by atoms with van der Waals surface area (Å²) in [5.74, 6) is -1.14. The molecule has 2 aromatic rings. The van der Waals surface area contributed by atoms with E-state index < -0.39 is 6.10 Å². The van der Waals surface area contributed by atoms with E-state index in [2.05, 4.69) is 0 Å². The minimum Gasteiger partial charge on any atom is -0.508 e. The summed E-state index contributed by atoms with van der Waals surface area (Å²) in [5, 5.41) is 57.3. The van der Waals surface area contributed by atoms with E-state index in [9.17, 15) is 30.6 Å². The van der Waals surface area contributed by atoms with Gasteiger partial charge in [-0.05, 0) is 24.1 Å². The second-order valence-electron chi connectivity index (χ2n) is 4.88. The standard InChI is InChI=1S/C15H16O6/c16-9-1-8(2-10(17)4-9)3-11(18)5-13-14(20)6-12(19)7-15(13)21/h1-2,4,6-7,11,16-21H,3,5H2/t11-/m0/s1. The van der Waals surface area contributed by atoms with E-state index in [-0.39, 0.29) is 47.2 Å². The highest BCUT2D eigenvalue weighted by molar-refractivity contribution is 5.49. The fourth-order valence-electron chi connectivity index (χ4n) is 2.19. The molecule has 2 aromatic carbocycles. The van der Waals surface area contributed by atoms with Gasteiger partial charge in [0.1, 0.15) is 28.7 Å². The van der Waals surface area contributed by atoms with E-state index in [0.717, 1.165) is 12.1 Å². The van der Waals surface area contributed by atoms with E-state index in [0.29, 0.717) is 5.56 Å². The molecule has 2 rings (SSSR count). The summed E-state index contributed by atoms with van der Waals surface area (Å²) >= 11 is 0. The van der Waals surface area contributed by atoms with Crippen molar-refractivity contribution in [2.75, 3.05) is 0 Å². The van der Waals surface area contributed by atoms with Crippen LogP contribution in [0.3, 0.4) is 0 Å². The smallest absolute Gasteiger partial charge is 0.126 e. The summed E-state index contributed by atoms with van der Waals surface area (Å²) in [7, 11) is 0. The van der Waals surface area contributed by atoms with Crippen LogP contribution in [0.15, 0.2) is 30.3 Å². The van der Waals surface area contributed by atoms with Gasteiger partial charge in [-0.2, -0.15) is 0 Å². The fourth-order valence-corrected chi connectivity index (χ4v) is 2.19. The Morgan fingerprint density at radius 1 is 0.667 bits per heavy atom. The SMILES string of the molecule is Oc1cc(O)cc(C[C@H](O)Cc2c(O)cc(O)cc2O)c1. The van der Waals surface area contributed by atoms with Gasteiger partial charge >= 0.3 is 0 Å². The van der Waals surface area contributed by atoms with Gasteiger partial charge in [-0.15, -0.1) is 0 Å². The third kappa shape index (κ3) is 3.70. The van der Waals surface area contributed by atoms with Gasteiger partial charge in [0.2, 0.25) is 0 Å². The number of benzene rings is 2.